The summed E-state index contributed by atoms with van der Waals surface area (Å²) in [7, 11) is 0. The lowest BCUT2D eigenvalue weighted by Gasteiger charge is -2.32. The van der Waals surface area contributed by atoms with E-state index >= 15 is 0 Å². The summed E-state index contributed by atoms with van der Waals surface area (Å²) in [6.45, 7) is 5.76. The highest BCUT2D eigenvalue weighted by atomic mass is 19.1. The van der Waals surface area contributed by atoms with Crippen LogP contribution in [0.3, 0.4) is 0 Å². The number of aryl methyl sites for hydroxylation is 1. The van der Waals surface area contributed by atoms with Crippen LogP contribution in [0.5, 0.6) is 0 Å². The van der Waals surface area contributed by atoms with Crippen molar-refractivity contribution in [1.29, 1.82) is 0 Å². The van der Waals surface area contributed by atoms with Gasteiger partial charge >= 0.3 is 0 Å². The molecule has 1 unspecified atom stereocenters. The number of aliphatic hydroxyl groups is 1. The normalized spacial score (nSPS) is 22.2. The molecule has 1 nitrogen and oxygen atoms in total. The Morgan fingerprint density at radius 3 is 2.47 bits per heavy atom. The third-order valence-corrected chi connectivity index (χ3v) is 3.89. The molecule has 1 aliphatic rings. The van der Waals surface area contributed by atoms with Crippen molar-refractivity contribution < 1.29 is 9.50 Å². The van der Waals surface area contributed by atoms with Gasteiger partial charge in [0.15, 0.2) is 0 Å². The topological polar surface area (TPSA) is 20.2 Å². The van der Waals surface area contributed by atoms with Crippen LogP contribution in [0, 0.1) is 18.2 Å². The van der Waals surface area contributed by atoms with Crippen LogP contribution in [0.4, 0.5) is 4.39 Å². The average molecular weight is 208 g/mol. The second kappa shape index (κ2) is 3.05. The van der Waals surface area contributed by atoms with Crippen LogP contribution in [-0.2, 0) is 5.60 Å². The lowest BCUT2D eigenvalue weighted by Crippen LogP contribution is -2.32. The summed E-state index contributed by atoms with van der Waals surface area (Å²) in [6, 6.07) is 4.60. The minimum atomic E-state index is -0.842. The Kier molecular flexibility index (Phi) is 2.16. The molecule has 1 aromatic carbocycles. The first-order valence-electron chi connectivity index (χ1n) is 5.36. The van der Waals surface area contributed by atoms with Gasteiger partial charge in [0.1, 0.15) is 5.82 Å². The number of benzene rings is 1. The zero-order valence-corrected chi connectivity index (χ0v) is 9.47. The maximum Gasteiger partial charge on any atom is 0.123 e. The van der Waals surface area contributed by atoms with Crippen molar-refractivity contribution in [3.8, 4) is 0 Å². The molecule has 1 N–H and O–H groups in total. The number of hydrogen-bond acceptors (Lipinski definition) is 1. The first kappa shape index (κ1) is 10.6. The van der Waals surface area contributed by atoms with Crippen molar-refractivity contribution in [1.82, 2.24) is 0 Å². The van der Waals surface area contributed by atoms with Gasteiger partial charge in [-0.25, -0.2) is 4.39 Å². The molecule has 15 heavy (non-hydrogen) atoms. The van der Waals surface area contributed by atoms with Gasteiger partial charge in [-0.1, -0.05) is 13.0 Å². The highest BCUT2D eigenvalue weighted by Gasteiger charge is 2.53. The molecule has 2 rings (SSSR count). The fourth-order valence-electron chi connectivity index (χ4n) is 2.17. The Hall–Kier alpha value is -0.890. The van der Waals surface area contributed by atoms with Crippen LogP contribution in [0.2, 0.25) is 0 Å². The van der Waals surface area contributed by atoms with E-state index in [0.717, 1.165) is 24.0 Å². The van der Waals surface area contributed by atoms with Crippen molar-refractivity contribution in [3.05, 3.63) is 35.1 Å². The van der Waals surface area contributed by atoms with Crippen molar-refractivity contribution >= 4 is 0 Å². The molecule has 0 heterocycles. The largest absolute Gasteiger partial charge is 0.385 e. The molecule has 1 saturated carbocycles. The third kappa shape index (κ3) is 1.57. The summed E-state index contributed by atoms with van der Waals surface area (Å²) in [6.07, 6.45) is 2.08. The first-order valence-corrected chi connectivity index (χ1v) is 5.36. The Balaban J connectivity index is 2.45. The van der Waals surface area contributed by atoms with E-state index in [1.807, 2.05) is 13.8 Å². The van der Waals surface area contributed by atoms with E-state index in [9.17, 15) is 9.50 Å². The van der Waals surface area contributed by atoms with Crippen molar-refractivity contribution in [3.63, 3.8) is 0 Å². The van der Waals surface area contributed by atoms with Gasteiger partial charge in [0.05, 0.1) is 5.60 Å². The Morgan fingerprint density at radius 2 is 2.00 bits per heavy atom. The smallest absolute Gasteiger partial charge is 0.123 e. The summed E-state index contributed by atoms with van der Waals surface area (Å²) in [4.78, 5) is 0. The SMILES string of the molecule is Cc1cc(F)ccc1C(C)(O)C1(C)CC1. The van der Waals surface area contributed by atoms with Gasteiger partial charge in [0.25, 0.3) is 0 Å². The molecule has 0 radical (unpaired) electrons. The Bertz CT molecular complexity index is 392. The molecular weight excluding hydrogens is 191 g/mol. The first-order chi connectivity index (χ1) is 6.87. The van der Waals surface area contributed by atoms with Crippen LogP contribution < -0.4 is 0 Å². The van der Waals surface area contributed by atoms with Crippen LogP contribution in [0.1, 0.15) is 37.8 Å². The quantitative estimate of drug-likeness (QED) is 0.791. The second-order valence-electron chi connectivity index (χ2n) is 5.09. The van der Waals surface area contributed by atoms with E-state index in [1.54, 1.807) is 6.07 Å². The van der Waals surface area contributed by atoms with Gasteiger partial charge in [0, 0.05) is 5.41 Å². The minimum absolute atomic E-state index is 0.0322. The van der Waals surface area contributed by atoms with Gasteiger partial charge in [-0.15, -0.1) is 0 Å². The summed E-state index contributed by atoms with van der Waals surface area (Å²) >= 11 is 0. The van der Waals surface area contributed by atoms with E-state index < -0.39 is 5.60 Å². The maximum atomic E-state index is 13.0. The van der Waals surface area contributed by atoms with Gasteiger partial charge < -0.3 is 5.11 Å². The van der Waals surface area contributed by atoms with Crippen molar-refractivity contribution in [2.45, 2.75) is 39.2 Å². The molecule has 0 spiro atoms. The van der Waals surface area contributed by atoms with E-state index in [1.165, 1.54) is 12.1 Å². The van der Waals surface area contributed by atoms with E-state index in [0.29, 0.717) is 0 Å². The predicted molar refractivity (Wildman–Crippen MR) is 58.0 cm³/mol. The Labute approximate surface area is 89.9 Å². The van der Waals surface area contributed by atoms with Crippen LogP contribution in [-0.4, -0.2) is 5.11 Å². The average Bonchev–Trinajstić information content (AvgIpc) is 2.84. The molecule has 1 atom stereocenters. The van der Waals surface area contributed by atoms with Crippen LogP contribution in [0.15, 0.2) is 18.2 Å². The summed E-state index contributed by atoms with van der Waals surface area (Å²) in [5.74, 6) is -0.243. The molecule has 2 heteroatoms. The lowest BCUT2D eigenvalue weighted by atomic mass is 9.79. The number of halogens is 1. The maximum absolute atomic E-state index is 13.0. The second-order valence-corrected chi connectivity index (χ2v) is 5.09. The zero-order chi connectivity index (χ0) is 11.3. The molecule has 1 aliphatic carbocycles. The molecule has 0 aromatic heterocycles. The fourth-order valence-corrected chi connectivity index (χ4v) is 2.17. The van der Waals surface area contributed by atoms with Gasteiger partial charge in [-0.05, 0) is 49.9 Å². The highest BCUT2D eigenvalue weighted by Crippen LogP contribution is 2.58. The van der Waals surface area contributed by atoms with Gasteiger partial charge in [-0.2, -0.15) is 0 Å². The molecular formula is C13H17FO. The number of hydrogen-bond donors (Lipinski definition) is 1. The van der Waals surface area contributed by atoms with Gasteiger partial charge in [0.2, 0.25) is 0 Å². The number of rotatable bonds is 2. The fraction of sp³-hybridized carbons (Fsp3) is 0.538. The summed E-state index contributed by atoms with van der Waals surface area (Å²) in [5, 5.41) is 10.5. The van der Waals surface area contributed by atoms with Crippen LogP contribution in [0.25, 0.3) is 0 Å². The summed E-state index contributed by atoms with van der Waals surface area (Å²) < 4.78 is 13.0. The molecule has 0 aliphatic heterocycles. The van der Waals surface area contributed by atoms with Crippen molar-refractivity contribution in [2.24, 2.45) is 5.41 Å². The van der Waals surface area contributed by atoms with Crippen LogP contribution >= 0.6 is 0 Å². The highest BCUT2D eigenvalue weighted by molar-refractivity contribution is 5.34. The monoisotopic (exact) mass is 208 g/mol. The molecule has 1 fully saturated rings. The van der Waals surface area contributed by atoms with E-state index in [2.05, 4.69) is 6.92 Å². The molecule has 1 aromatic rings. The standard InChI is InChI=1S/C13H17FO/c1-9-8-10(14)4-5-11(9)13(3,15)12(2)6-7-12/h4-5,8,15H,6-7H2,1-3H3. The molecule has 82 valence electrons. The predicted octanol–water partition coefficient (Wildman–Crippen LogP) is 3.14. The molecule has 0 bridgehead atoms. The van der Waals surface area contributed by atoms with E-state index in [4.69, 9.17) is 0 Å². The molecule has 0 amide bonds. The van der Waals surface area contributed by atoms with Gasteiger partial charge in [-0.3, -0.25) is 0 Å². The molecule has 0 saturated heterocycles. The third-order valence-electron chi connectivity index (χ3n) is 3.89. The zero-order valence-electron chi connectivity index (χ0n) is 9.47. The van der Waals surface area contributed by atoms with E-state index in [-0.39, 0.29) is 11.2 Å². The minimum Gasteiger partial charge on any atom is -0.385 e. The summed E-state index contributed by atoms with van der Waals surface area (Å²) in [5.41, 5.74) is 0.803. The van der Waals surface area contributed by atoms with Crippen molar-refractivity contribution in [2.75, 3.05) is 0 Å². The lowest BCUT2D eigenvalue weighted by molar-refractivity contribution is -0.0132. The Morgan fingerprint density at radius 1 is 1.40 bits per heavy atom.